The number of hydrogen-bond acceptors (Lipinski definition) is 6. The lowest BCUT2D eigenvalue weighted by molar-refractivity contribution is 0.0970. The number of anilines is 1. The highest BCUT2D eigenvalue weighted by atomic mass is 32.1. The first kappa shape index (κ1) is 22.5. The minimum Gasteiger partial charge on any atom is -0.450 e. The lowest BCUT2D eigenvalue weighted by Gasteiger charge is -2.22. The summed E-state index contributed by atoms with van der Waals surface area (Å²) in [7, 11) is 0. The van der Waals surface area contributed by atoms with Crippen molar-refractivity contribution in [2.75, 3.05) is 4.90 Å². The topological polar surface area (TPSA) is 76.3 Å². The molecule has 1 unspecified atom stereocenters. The number of fused-ring (bicyclic) bond motifs is 2. The van der Waals surface area contributed by atoms with Crippen molar-refractivity contribution in [3.05, 3.63) is 85.7 Å². The number of carbonyl (C=O) groups excluding carboxylic acids is 1. The number of benzene rings is 2. The summed E-state index contributed by atoms with van der Waals surface area (Å²) < 4.78 is 6.05. The van der Waals surface area contributed by atoms with Crippen LogP contribution in [0.5, 0.6) is 0 Å². The molecule has 0 aliphatic carbocycles. The smallest absolute Gasteiger partial charge is 0.297 e. The van der Waals surface area contributed by atoms with Gasteiger partial charge in [-0.05, 0) is 42.0 Å². The van der Waals surface area contributed by atoms with Crippen LogP contribution in [0.15, 0.2) is 51.7 Å². The van der Waals surface area contributed by atoms with Crippen molar-refractivity contribution in [3.63, 3.8) is 0 Å². The molecule has 0 saturated heterocycles. The fourth-order valence-corrected chi connectivity index (χ4v) is 5.51. The van der Waals surface area contributed by atoms with Crippen LogP contribution in [0.1, 0.15) is 77.5 Å². The van der Waals surface area contributed by atoms with Crippen molar-refractivity contribution in [2.24, 2.45) is 5.92 Å². The molecule has 7 heteroatoms. The normalized spacial score (nSPS) is 15.7. The average molecular weight is 474 g/mol. The molecule has 174 valence electrons. The Morgan fingerprint density at radius 1 is 1.03 bits per heavy atom. The Hall–Kier alpha value is -3.32. The molecule has 5 rings (SSSR count). The maximum Gasteiger partial charge on any atom is 0.297 e. The maximum absolute atomic E-state index is 13.7. The van der Waals surface area contributed by atoms with Crippen molar-refractivity contribution in [1.29, 1.82) is 0 Å². The molecule has 2 aromatic heterocycles. The molecule has 1 aliphatic heterocycles. The molecule has 3 heterocycles. The number of rotatable bonds is 5. The van der Waals surface area contributed by atoms with Crippen molar-refractivity contribution in [2.45, 2.75) is 53.0 Å². The number of aryl methyl sites for hydroxylation is 1. The maximum atomic E-state index is 13.7. The molecule has 2 aromatic carbocycles. The van der Waals surface area contributed by atoms with Crippen LogP contribution in [-0.2, 0) is 6.42 Å². The first-order valence-corrected chi connectivity index (χ1v) is 12.4. The molecule has 1 atom stereocenters. The quantitative estimate of drug-likeness (QED) is 0.354. The van der Waals surface area contributed by atoms with E-state index < -0.39 is 6.04 Å². The Morgan fingerprint density at radius 2 is 1.76 bits per heavy atom. The number of carbonyl (C=O) groups is 1. The summed E-state index contributed by atoms with van der Waals surface area (Å²) in [6.45, 7) is 10.4. The van der Waals surface area contributed by atoms with Crippen LogP contribution in [-0.4, -0.2) is 16.1 Å². The molecule has 0 bridgehead atoms. The third-order valence-electron chi connectivity index (χ3n) is 6.19. The average Bonchev–Trinajstić information content (AvgIpc) is 3.36. The van der Waals surface area contributed by atoms with E-state index in [1.54, 1.807) is 11.0 Å². The van der Waals surface area contributed by atoms with Crippen LogP contribution >= 0.6 is 11.3 Å². The summed E-state index contributed by atoms with van der Waals surface area (Å²) in [5.74, 6) is 0.518. The summed E-state index contributed by atoms with van der Waals surface area (Å²) in [6.07, 6.45) is 0.779. The molecule has 0 radical (unpaired) electrons. The van der Waals surface area contributed by atoms with Gasteiger partial charge in [0.15, 0.2) is 5.43 Å². The van der Waals surface area contributed by atoms with E-state index in [0.29, 0.717) is 33.5 Å². The lowest BCUT2D eigenvalue weighted by Crippen LogP contribution is -2.29. The predicted molar refractivity (Wildman–Crippen MR) is 135 cm³/mol. The van der Waals surface area contributed by atoms with Gasteiger partial charge < -0.3 is 4.42 Å². The fourth-order valence-electron chi connectivity index (χ4n) is 4.44. The summed E-state index contributed by atoms with van der Waals surface area (Å²) in [5.41, 5.74) is 3.59. The lowest BCUT2D eigenvalue weighted by atomic mass is 9.95. The van der Waals surface area contributed by atoms with Crippen LogP contribution in [0.2, 0.25) is 0 Å². The zero-order valence-corrected chi connectivity index (χ0v) is 20.8. The van der Waals surface area contributed by atoms with Crippen LogP contribution in [0.4, 0.5) is 5.13 Å². The van der Waals surface area contributed by atoms with Crippen molar-refractivity contribution < 1.29 is 9.21 Å². The molecule has 0 saturated carbocycles. The van der Waals surface area contributed by atoms with E-state index in [1.807, 2.05) is 31.2 Å². The van der Waals surface area contributed by atoms with E-state index >= 15 is 0 Å². The molecule has 0 fully saturated rings. The van der Waals surface area contributed by atoms with Gasteiger partial charge >= 0.3 is 0 Å². The van der Waals surface area contributed by atoms with E-state index in [1.165, 1.54) is 16.9 Å². The van der Waals surface area contributed by atoms with Gasteiger partial charge in [0.05, 0.1) is 17.0 Å². The third kappa shape index (κ3) is 3.74. The van der Waals surface area contributed by atoms with Crippen LogP contribution in [0.3, 0.4) is 0 Å². The number of nitrogens with zero attached hydrogens (tertiary/aromatic N) is 3. The van der Waals surface area contributed by atoms with E-state index in [2.05, 4.69) is 50.0 Å². The van der Waals surface area contributed by atoms with Crippen LogP contribution < -0.4 is 10.3 Å². The SMILES string of the molecule is Cc1ccc2oc3c(c(=O)c2c1)C(c1ccc(C(C)C)cc1)N(c1nnc(CC(C)C)s1)C3=O. The second-order valence-corrected chi connectivity index (χ2v) is 10.7. The van der Waals surface area contributed by atoms with Crippen LogP contribution in [0.25, 0.3) is 11.0 Å². The minimum absolute atomic E-state index is 0.0832. The molecule has 1 amide bonds. The second-order valence-electron chi connectivity index (χ2n) is 9.65. The Balaban J connectivity index is 1.72. The highest BCUT2D eigenvalue weighted by Crippen LogP contribution is 2.42. The van der Waals surface area contributed by atoms with Gasteiger partial charge in [-0.3, -0.25) is 14.5 Å². The van der Waals surface area contributed by atoms with Gasteiger partial charge in [0.2, 0.25) is 10.9 Å². The Labute approximate surface area is 202 Å². The van der Waals surface area contributed by atoms with Gasteiger partial charge in [-0.2, -0.15) is 0 Å². The van der Waals surface area contributed by atoms with Crippen molar-refractivity contribution in [3.8, 4) is 0 Å². The zero-order valence-electron chi connectivity index (χ0n) is 20.0. The summed E-state index contributed by atoms with van der Waals surface area (Å²) in [5, 5.41) is 10.5. The molecular formula is C27H27N3O3S. The molecule has 34 heavy (non-hydrogen) atoms. The van der Waals surface area contributed by atoms with Gasteiger partial charge in [0.1, 0.15) is 10.6 Å². The first-order valence-electron chi connectivity index (χ1n) is 11.6. The Morgan fingerprint density at radius 3 is 2.44 bits per heavy atom. The number of hydrogen-bond donors (Lipinski definition) is 0. The summed E-state index contributed by atoms with van der Waals surface area (Å²) in [4.78, 5) is 29.0. The molecule has 6 nitrogen and oxygen atoms in total. The fraction of sp³-hybridized carbons (Fsp3) is 0.333. The van der Waals surface area contributed by atoms with Gasteiger partial charge in [-0.1, -0.05) is 74.9 Å². The van der Waals surface area contributed by atoms with E-state index in [4.69, 9.17) is 4.42 Å². The molecule has 0 spiro atoms. The van der Waals surface area contributed by atoms with E-state index in [0.717, 1.165) is 22.6 Å². The van der Waals surface area contributed by atoms with Crippen molar-refractivity contribution in [1.82, 2.24) is 10.2 Å². The Bertz CT molecular complexity index is 1450. The molecule has 0 N–H and O–H groups in total. The summed E-state index contributed by atoms with van der Waals surface area (Å²) >= 11 is 1.39. The minimum atomic E-state index is -0.621. The van der Waals surface area contributed by atoms with Gasteiger partial charge in [0.25, 0.3) is 5.91 Å². The van der Waals surface area contributed by atoms with Gasteiger partial charge in [0, 0.05) is 6.42 Å². The van der Waals surface area contributed by atoms with Crippen LogP contribution in [0, 0.1) is 12.8 Å². The number of aromatic nitrogens is 2. The van der Waals surface area contributed by atoms with Gasteiger partial charge in [-0.25, -0.2) is 0 Å². The Kier molecular flexibility index (Phi) is 5.60. The monoisotopic (exact) mass is 473 g/mol. The molecular weight excluding hydrogens is 446 g/mol. The molecule has 1 aliphatic rings. The third-order valence-corrected chi connectivity index (χ3v) is 7.13. The van der Waals surface area contributed by atoms with Crippen molar-refractivity contribution >= 4 is 33.3 Å². The first-order chi connectivity index (χ1) is 16.2. The van der Waals surface area contributed by atoms with Gasteiger partial charge in [-0.15, -0.1) is 10.2 Å². The zero-order chi connectivity index (χ0) is 24.1. The molecule has 4 aromatic rings. The summed E-state index contributed by atoms with van der Waals surface area (Å²) in [6, 6.07) is 12.9. The number of amides is 1. The second kappa shape index (κ2) is 8.47. The standard InChI is InChI=1S/C27H27N3O3S/c1-14(2)12-21-28-29-27(34-21)30-23(18-9-7-17(8-10-18)15(3)4)22-24(31)19-13-16(5)6-11-20(19)33-25(22)26(30)32/h6-11,13-15,23H,12H2,1-5H3. The largest absolute Gasteiger partial charge is 0.450 e. The predicted octanol–water partition coefficient (Wildman–Crippen LogP) is 6.02. The highest BCUT2D eigenvalue weighted by Gasteiger charge is 2.45. The highest BCUT2D eigenvalue weighted by molar-refractivity contribution is 7.15. The van der Waals surface area contributed by atoms with E-state index in [9.17, 15) is 9.59 Å². The van der Waals surface area contributed by atoms with E-state index in [-0.39, 0.29) is 17.1 Å².